The number of nitrogens with one attached hydrogen (secondary N) is 3. The number of H-pyrrole nitrogens is 3. The molecule has 0 spiro atoms. The number of halogens is 2. The van der Waals surface area contributed by atoms with E-state index in [1.807, 2.05) is 73.7 Å². The first-order valence-corrected chi connectivity index (χ1v) is 26.6. The van der Waals surface area contributed by atoms with Gasteiger partial charge in [-0.25, -0.2) is 0 Å². The largest absolute Gasteiger partial charge is 0.497 e. The summed E-state index contributed by atoms with van der Waals surface area (Å²) in [5, 5.41) is 3.97. The Morgan fingerprint density at radius 3 is 1.30 bits per heavy atom. The van der Waals surface area contributed by atoms with Crippen LogP contribution in [-0.2, 0) is 32.7 Å². The lowest BCUT2D eigenvalue weighted by Gasteiger charge is -2.32. The van der Waals surface area contributed by atoms with Gasteiger partial charge in [-0.3, -0.25) is 4.79 Å². The second-order valence-corrected chi connectivity index (χ2v) is 24.3. The van der Waals surface area contributed by atoms with Crippen molar-refractivity contribution in [2.75, 3.05) is 0 Å². The summed E-state index contributed by atoms with van der Waals surface area (Å²) in [5.41, 5.74) is 5.62. The summed E-state index contributed by atoms with van der Waals surface area (Å²) in [7, 11) is -1.26. The SMILES string of the molecule is Brc1cccc2c(C3CCC3)c[nH]c12.Brc1cccc2cc[nH]c12.C.C.CC1(C)OB(B2OC(C)(C)C(C)(C)O2)OC1(C)C.CC1(C)OB(c2cccc3c(C4CCC4)c[nH]c23)OC1(C)C.O=C1CCC1. The van der Waals surface area contributed by atoms with Crippen molar-refractivity contribution in [3.63, 3.8) is 0 Å². The number of hydrogen-bond acceptors (Lipinski definition) is 7. The summed E-state index contributed by atoms with van der Waals surface area (Å²) < 4.78 is 38.6. The Morgan fingerprint density at radius 2 is 0.887 bits per heavy atom. The summed E-state index contributed by atoms with van der Waals surface area (Å²) in [6, 6.07) is 21.1. The number of aromatic nitrogens is 3. The number of carbonyl (C=O) groups excluding carboxylic acids is 1. The molecule has 6 aliphatic rings. The van der Waals surface area contributed by atoms with E-state index >= 15 is 0 Å². The van der Waals surface area contributed by atoms with Crippen molar-refractivity contribution < 1.29 is 32.7 Å². The number of hydrogen-bond donors (Lipinski definition) is 3. The molecule has 6 heterocycles. The summed E-state index contributed by atoms with van der Waals surface area (Å²) in [4.78, 5) is 19.9. The maximum absolute atomic E-state index is 9.90. The Bertz CT molecular complexity index is 2670. The lowest BCUT2D eigenvalue weighted by molar-refractivity contribution is -0.123. The van der Waals surface area contributed by atoms with E-state index in [0.717, 1.165) is 41.0 Å². The number of aromatic amines is 3. The van der Waals surface area contributed by atoms with E-state index in [1.54, 1.807) is 0 Å². The first kappa shape index (κ1) is 57.1. The number of fused-ring (bicyclic) bond motifs is 3. The van der Waals surface area contributed by atoms with Gasteiger partial charge in [0, 0.05) is 67.5 Å². The van der Waals surface area contributed by atoms with Gasteiger partial charge in [-0.1, -0.05) is 70.2 Å². The predicted molar refractivity (Wildman–Crippen MR) is 304 cm³/mol. The Hall–Kier alpha value is -3.14. The fraction of sp³-hybridized carbons (Fsp3) is 0.554. The number of benzene rings is 3. The fourth-order valence-corrected chi connectivity index (χ4v) is 9.96. The molecule has 15 heteroatoms. The molecule has 3 aromatic heterocycles. The first-order valence-electron chi connectivity index (χ1n) is 25.1. The molecule has 0 amide bonds. The van der Waals surface area contributed by atoms with Crippen LogP contribution in [0.15, 0.2) is 88.2 Å². The highest BCUT2D eigenvalue weighted by Crippen LogP contribution is 2.44. The number of carbonyl (C=O) groups is 1. The van der Waals surface area contributed by atoms with Gasteiger partial charge >= 0.3 is 21.1 Å². The van der Waals surface area contributed by atoms with Crippen LogP contribution in [-0.4, -0.2) is 75.5 Å². The molecule has 0 bridgehead atoms. The van der Waals surface area contributed by atoms with Crippen LogP contribution in [0.25, 0.3) is 32.7 Å². The summed E-state index contributed by atoms with van der Waals surface area (Å²) in [6.07, 6.45) is 17.2. The van der Waals surface area contributed by atoms with Crippen LogP contribution in [0.4, 0.5) is 0 Å². The highest BCUT2D eigenvalue weighted by atomic mass is 79.9. The summed E-state index contributed by atoms with van der Waals surface area (Å²) in [6.45, 7) is 24.6. The van der Waals surface area contributed by atoms with Crippen molar-refractivity contribution in [3.05, 3.63) is 99.3 Å². The minimum absolute atomic E-state index is 0. The van der Waals surface area contributed by atoms with E-state index in [2.05, 4.69) is 135 Å². The third kappa shape index (κ3) is 11.9. The van der Waals surface area contributed by atoms with Crippen molar-refractivity contribution in [2.45, 2.75) is 201 Å². The van der Waals surface area contributed by atoms with Gasteiger partial charge in [0.25, 0.3) is 0 Å². The molecule has 3 N–H and O–H groups in total. The van der Waals surface area contributed by atoms with Gasteiger partial charge < -0.3 is 42.9 Å². The molecule has 10 nitrogen and oxygen atoms in total. The van der Waals surface area contributed by atoms with Gasteiger partial charge in [0.15, 0.2) is 0 Å². The zero-order valence-corrected chi connectivity index (χ0v) is 46.0. The second kappa shape index (κ2) is 22.0. The van der Waals surface area contributed by atoms with Crippen LogP contribution < -0.4 is 5.46 Å². The zero-order valence-electron chi connectivity index (χ0n) is 42.9. The highest BCUT2D eigenvalue weighted by molar-refractivity contribution is 9.11. The van der Waals surface area contributed by atoms with Gasteiger partial charge in [-0.2, -0.15) is 0 Å². The number of para-hydroxylation sites is 3. The lowest BCUT2D eigenvalue weighted by atomic mass is 9.49. The average molecular weight is 1100 g/mol. The molecule has 0 atom stereocenters. The molecule has 6 aromatic rings. The molecule has 0 unspecified atom stereocenters. The molecule has 3 saturated heterocycles. The normalized spacial score (nSPS) is 21.9. The molecule has 3 aromatic carbocycles. The Labute approximate surface area is 442 Å². The van der Waals surface area contributed by atoms with Crippen molar-refractivity contribution in [1.29, 1.82) is 0 Å². The highest BCUT2D eigenvalue weighted by Gasteiger charge is 2.63. The van der Waals surface area contributed by atoms with Crippen LogP contribution in [0.5, 0.6) is 0 Å². The number of rotatable bonds is 4. The van der Waals surface area contributed by atoms with Crippen LogP contribution >= 0.6 is 31.9 Å². The minimum Gasteiger partial charge on any atom is -0.405 e. The maximum Gasteiger partial charge on any atom is 0.497 e. The molecule has 384 valence electrons. The van der Waals surface area contributed by atoms with Crippen molar-refractivity contribution in [1.82, 2.24) is 15.0 Å². The third-order valence-electron chi connectivity index (χ3n) is 16.3. The molecular weight excluding hydrogens is 1020 g/mol. The zero-order chi connectivity index (χ0) is 49.7. The predicted octanol–water partition coefficient (Wildman–Crippen LogP) is 15.1. The lowest BCUT2D eigenvalue weighted by Crippen LogP contribution is -2.41. The molecule has 0 radical (unpaired) electrons. The van der Waals surface area contributed by atoms with Gasteiger partial charge in [0.1, 0.15) is 5.78 Å². The molecule has 6 fully saturated rings. The van der Waals surface area contributed by atoms with Crippen LogP contribution in [0.3, 0.4) is 0 Å². The fourth-order valence-electron chi connectivity index (χ4n) is 8.99. The van der Waals surface area contributed by atoms with Crippen molar-refractivity contribution >= 4 is 97.0 Å². The van der Waals surface area contributed by atoms with E-state index in [1.165, 1.54) is 86.8 Å². The van der Waals surface area contributed by atoms with Crippen LogP contribution in [0.1, 0.15) is 179 Å². The Kier molecular flexibility index (Phi) is 17.7. The van der Waals surface area contributed by atoms with E-state index in [4.69, 9.17) is 27.9 Å². The topological polar surface area (TPSA) is 120 Å². The standard InChI is InChI=1S/C18H24BNO2.C12H24B2O4.C12H12BrN.C8H6BrN.C4H6O.2CH4/c1-17(2)18(3,4)22-19(21-17)15-10-6-9-13-14(11-20-16(13)15)12-7-5-8-12;1-9(2)10(3,4)16-13(15-9)14-17-11(5,6)12(7,8)18-14;13-11-6-2-5-9-10(7-14-12(9)11)8-3-1-4-8;9-7-3-1-2-6-4-5-10-8(6)7;5-4-2-1-3-4;;/h6,9-12,20H,5,7-8H2,1-4H3;1-8H3;2,5-8,14H,1,3-4H2;1-5,10H;1-3H2;2*1H4. The quantitative estimate of drug-likeness (QED) is 0.150. The number of Topliss-reactive ketones (excluding diaryl/α,β-unsaturated/α-hetero) is 1. The first-order chi connectivity index (χ1) is 32.4. The van der Waals surface area contributed by atoms with Crippen LogP contribution in [0, 0.1) is 0 Å². The number of ketones is 1. The summed E-state index contributed by atoms with van der Waals surface area (Å²) in [5.74, 6) is 1.96. The molecular formula is C56H80B3Br2N3O7. The smallest absolute Gasteiger partial charge is 0.405 e. The molecule has 12 rings (SSSR count). The molecule has 3 aliphatic carbocycles. The van der Waals surface area contributed by atoms with E-state index in [0.29, 0.717) is 5.78 Å². The average Bonchev–Trinajstić information content (AvgIpc) is 4.07. The van der Waals surface area contributed by atoms with Gasteiger partial charge in [0.05, 0.1) is 44.6 Å². The molecule has 71 heavy (non-hydrogen) atoms. The van der Waals surface area contributed by atoms with Crippen molar-refractivity contribution in [2.24, 2.45) is 0 Å². The minimum atomic E-state index is -0.476. The van der Waals surface area contributed by atoms with E-state index < -0.39 is 14.0 Å². The van der Waals surface area contributed by atoms with Gasteiger partial charge in [-0.05, 0) is 188 Å². The van der Waals surface area contributed by atoms with Crippen molar-refractivity contribution in [3.8, 4) is 0 Å². The summed E-state index contributed by atoms with van der Waals surface area (Å²) >= 11 is 7.01. The maximum atomic E-state index is 9.90. The van der Waals surface area contributed by atoms with Gasteiger partial charge in [0.2, 0.25) is 0 Å². The Balaban J connectivity index is 0.000000153. The Morgan fingerprint density at radius 1 is 0.493 bits per heavy atom. The third-order valence-corrected chi connectivity index (χ3v) is 17.6. The van der Waals surface area contributed by atoms with Crippen LogP contribution in [0.2, 0.25) is 0 Å². The van der Waals surface area contributed by atoms with E-state index in [-0.39, 0.29) is 55.6 Å². The van der Waals surface area contributed by atoms with Gasteiger partial charge in [-0.15, -0.1) is 0 Å². The van der Waals surface area contributed by atoms with E-state index in [9.17, 15) is 4.79 Å². The second-order valence-electron chi connectivity index (χ2n) is 22.6. The monoisotopic (exact) mass is 1100 g/mol. The molecule has 3 saturated carbocycles. The molecule has 3 aliphatic heterocycles.